The van der Waals surface area contributed by atoms with Gasteiger partial charge in [-0.1, -0.05) is 12.1 Å². The third kappa shape index (κ3) is 5.03. The second-order valence-electron chi connectivity index (χ2n) is 4.10. The summed E-state index contributed by atoms with van der Waals surface area (Å²) in [5.41, 5.74) is 1.62. The lowest BCUT2D eigenvalue weighted by atomic mass is 10.1. The summed E-state index contributed by atoms with van der Waals surface area (Å²) in [4.78, 5) is 23.0. The van der Waals surface area contributed by atoms with Crippen molar-refractivity contribution in [3.05, 3.63) is 33.8 Å². The number of ether oxygens (including phenoxy) is 1. The van der Waals surface area contributed by atoms with Crippen molar-refractivity contribution >= 4 is 27.8 Å². The van der Waals surface area contributed by atoms with Crippen LogP contribution in [0.4, 0.5) is 0 Å². The van der Waals surface area contributed by atoms with E-state index in [0.717, 1.165) is 10.0 Å². The molecular formula is C14H18BrNO3. The first kappa shape index (κ1) is 15.7. The summed E-state index contributed by atoms with van der Waals surface area (Å²) in [5.74, 6) is -0.368. The van der Waals surface area contributed by atoms with Crippen molar-refractivity contribution in [1.82, 2.24) is 5.32 Å². The highest BCUT2D eigenvalue weighted by Crippen LogP contribution is 2.20. The minimum atomic E-state index is -0.228. The van der Waals surface area contributed by atoms with Crippen molar-refractivity contribution in [1.29, 1.82) is 0 Å². The van der Waals surface area contributed by atoms with Crippen LogP contribution in [0, 0.1) is 6.92 Å². The van der Waals surface area contributed by atoms with Gasteiger partial charge in [0.1, 0.15) is 0 Å². The zero-order valence-electron chi connectivity index (χ0n) is 11.2. The molecular weight excluding hydrogens is 310 g/mol. The van der Waals surface area contributed by atoms with Crippen LogP contribution >= 0.6 is 15.9 Å². The van der Waals surface area contributed by atoms with Crippen LogP contribution in [0.15, 0.2) is 22.7 Å². The fraction of sp³-hybridized carbons (Fsp3) is 0.429. The monoisotopic (exact) mass is 327 g/mol. The number of hydrogen-bond donors (Lipinski definition) is 1. The first-order chi connectivity index (χ1) is 9.06. The number of hydrogen-bond acceptors (Lipinski definition) is 3. The van der Waals surface area contributed by atoms with E-state index in [1.54, 1.807) is 13.0 Å². The molecule has 0 spiro atoms. The molecule has 1 amide bonds. The topological polar surface area (TPSA) is 55.4 Å². The number of rotatable bonds is 6. The van der Waals surface area contributed by atoms with Crippen molar-refractivity contribution in [2.45, 2.75) is 26.7 Å². The van der Waals surface area contributed by atoms with Crippen LogP contribution in [0.2, 0.25) is 0 Å². The summed E-state index contributed by atoms with van der Waals surface area (Å²) >= 11 is 3.40. The third-order valence-electron chi connectivity index (χ3n) is 2.58. The lowest BCUT2D eigenvalue weighted by molar-refractivity contribution is -0.143. The maximum Gasteiger partial charge on any atom is 0.305 e. The van der Waals surface area contributed by atoms with Gasteiger partial charge in [0.05, 0.1) is 12.2 Å². The Morgan fingerprint density at radius 3 is 2.79 bits per heavy atom. The molecule has 0 aliphatic heterocycles. The Bertz CT molecular complexity index is 460. The van der Waals surface area contributed by atoms with Gasteiger partial charge >= 0.3 is 5.97 Å². The molecule has 1 rings (SSSR count). The summed E-state index contributed by atoms with van der Waals surface area (Å²) in [7, 11) is 0. The number of benzene rings is 1. The van der Waals surface area contributed by atoms with Gasteiger partial charge in [0.15, 0.2) is 0 Å². The second-order valence-corrected chi connectivity index (χ2v) is 4.89. The number of carbonyl (C=O) groups is 2. The predicted octanol–water partition coefficient (Wildman–Crippen LogP) is 2.83. The van der Waals surface area contributed by atoms with E-state index in [1.165, 1.54) is 0 Å². The van der Waals surface area contributed by atoms with Gasteiger partial charge in [-0.3, -0.25) is 9.59 Å². The standard InChI is InChI=1S/C14H18BrNO3/c1-3-19-12(17)8-5-9-16-14(18)11-7-4-6-10(2)13(11)15/h4,6-7H,3,5,8-9H2,1-2H3,(H,16,18). The van der Waals surface area contributed by atoms with Gasteiger partial charge in [0, 0.05) is 17.4 Å². The zero-order valence-corrected chi connectivity index (χ0v) is 12.7. The molecule has 1 aromatic carbocycles. The Hall–Kier alpha value is -1.36. The van der Waals surface area contributed by atoms with Gasteiger partial charge in [-0.05, 0) is 47.8 Å². The molecule has 0 aromatic heterocycles. The van der Waals surface area contributed by atoms with Crippen LogP contribution in [-0.2, 0) is 9.53 Å². The molecule has 0 fully saturated rings. The van der Waals surface area contributed by atoms with E-state index in [-0.39, 0.29) is 11.9 Å². The minimum Gasteiger partial charge on any atom is -0.466 e. The molecule has 19 heavy (non-hydrogen) atoms. The van der Waals surface area contributed by atoms with E-state index in [9.17, 15) is 9.59 Å². The molecule has 104 valence electrons. The van der Waals surface area contributed by atoms with Gasteiger partial charge in [-0.15, -0.1) is 0 Å². The molecule has 0 unspecified atom stereocenters. The van der Waals surface area contributed by atoms with E-state index >= 15 is 0 Å². The Kier molecular flexibility index (Phi) is 6.56. The largest absolute Gasteiger partial charge is 0.466 e. The van der Waals surface area contributed by atoms with Gasteiger partial charge in [0.2, 0.25) is 0 Å². The fourth-order valence-corrected chi connectivity index (χ4v) is 2.03. The predicted molar refractivity (Wildman–Crippen MR) is 77.1 cm³/mol. The van der Waals surface area contributed by atoms with Crippen molar-refractivity contribution in [2.75, 3.05) is 13.2 Å². The first-order valence-corrected chi connectivity index (χ1v) is 7.04. The Balaban J connectivity index is 2.40. The van der Waals surface area contributed by atoms with Crippen molar-refractivity contribution < 1.29 is 14.3 Å². The molecule has 0 saturated heterocycles. The molecule has 0 aliphatic carbocycles. The van der Waals surface area contributed by atoms with Crippen LogP contribution in [0.1, 0.15) is 35.7 Å². The Labute approximate surface area is 121 Å². The molecule has 0 bridgehead atoms. The summed E-state index contributed by atoms with van der Waals surface area (Å²) < 4.78 is 5.61. The fourth-order valence-electron chi connectivity index (χ4n) is 1.59. The molecule has 0 saturated carbocycles. The lowest BCUT2D eigenvalue weighted by Gasteiger charge is -2.08. The van der Waals surface area contributed by atoms with E-state index in [0.29, 0.717) is 31.6 Å². The maximum absolute atomic E-state index is 11.9. The van der Waals surface area contributed by atoms with Crippen LogP contribution in [0.5, 0.6) is 0 Å². The molecule has 0 atom stereocenters. The maximum atomic E-state index is 11.9. The minimum absolute atomic E-state index is 0.139. The van der Waals surface area contributed by atoms with Crippen LogP contribution in [0.3, 0.4) is 0 Å². The number of aryl methyl sites for hydroxylation is 1. The van der Waals surface area contributed by atoms with Crippen LogP contribution in [0.25, 0.3) is 0 Å². The van der Waals surface area contributed by atoms with E-state index < -0.39 is 0 Å². The highest BCUT2D eigenvalue weighted by molar-refractivity contribution is 9.10. The summed E-state index contributed by atoms with van der Waals surface area (Å²) in [6, 6.07) is 5.53. The number of halogens is 1. The Morgan fingerprint density at radius 2 is 2.11 bits per heavy atom. The van der Waals surface area contributed by atoms with Crippen molar-refractivity contribution in [3.8, 4) is 0 Å². The van der Waals surface area contributed by atoms with E-state index in [2.05, 4.69) is 21.2 Å². The molecule has 1 N–H and O–H groups in total. The third-order valence-corrected chi connectivity index (χ3v) is 3.64. The van der Waals surface area contributed by atoms with Gasteiger partial charge in [-0.25, -0.2) is 0 Å². The van der Waals surface area contributed by atoms with Gasteiger partial charge in [0.25, 0.3) is 5.91 Å². The molecule has 0 aliphatic rings. The molecule has 4 nitrogen and oxygen atoms in total. The molecule has 5 heteroatoms. The number of nitrogens with one attached hydrogen (secondary N) is 1. The highest BCUT2D eigenvalue weighted by Gasteiger charge is 2.10. The first-order valence-electron chi connectivity index (χ1n) is 6.25. The quantitative estimate of drug-likeness (QED) is 0.645. The van der Waals surface area contributed by atoms with Crippen LogP contribution < -0.4 is 5.32 Å². The zero-order chi connectivity index (χ0) is 14.3. The molecule has 1 aromatic rings. The van der Waals surface area contributed by atoms with Gasteiger partial charge in [-0.2, -0.15) is 0 Å². The van der Waals surface area contributed by atoms with Crippen molar-refractivity contribution in [2.24, 2.45) is 0 Å². The summed E-state index contributed by atoms with van der Waals surface area (Å²) in [6.07, 6.45) is 0.900. The summed E-state index contributed by atoms with van der Waals surface area (Å²) in [6.45, 7) is 4.55. The lowest BCUT2D eigenvalue weighted by Crippen LogP contribution is -2.25. The van der Waals surface area contributed by atoms with Crippen LogP contribution in [-0.4, -0.2) is 25.0 Å². The average molecular weight is 328 g/mol. The second kappa shape index (κ2) is 7.94. The SMILES string of the molecule is CCOC(=O)CCCNC(=O)c1cccc(C)c1Br. The van der Waals surface area contributed by atoms with Crippen molar-refractivity contribution in [3.63, 3.8) is 0 Å². The number of esters is 1. The smallest absolute Gasteiger partial charge is 0.305 e. The van der Waals surface area contributed by atoms with E-state index in [4.69, 9.17) is 4.74 Å². The van der Waals surface area contributed by atoms with E-state index in [1.807, 2.05) is 19.1 Å². The number of carbonyl (C=O) groups excluding carboxylic acids is 2. The molecule has 0 radical (unpaired) electrons. The van der Waals surface area contributed by atoms with Gasteiger partial charge < -0.3 is 10.1 Å². The highest BCUT2D eigenvalue weighted by atomic mass is 79.9. The number of amides is 1. The molecule has 0 heterocycles. The summed E-state index contributed by atoms with van der Waals surface area (Å²) in [5, 5.41) is 2.79. The average Bonchev–Trinajstić information content (AvgIpc) is 2.38. The Morgan fingerprint density at radius 1 is 1.37 bits per heavy atom. The normalized spacial score (nSPS) is 10.1.